The summed E-state index contributed by atoms with van der Waals surface area (Å²) in [5, 5.41) is 13.3. The Bertz CT molecular complexity index is 1360. The van der Waals surface area contributed by atoms with Gasteiger partial charge in [-0.1, -0.05) is 143 Å². The lowest BCUT2D eigenvalue weighted by Gasteiger charge is -2.26. The zero-order valence-corrected chi connectivity index (χ0v) is 31.2. The lowest BCUT2D eigenvalue weighted by atomic mass is 9.88. The highest BCUT2D eigenvalue weighted by Gasteiger charge is 2.25. The summed E-state index contributed by atoms with van der Waals surface area (Å²) in [7, 11) is 0. The van der Waals surface area contributed by atoms with Crippen molar-refractivity contribution in [2.75, 3.05) is 30.7 Å². The predicted octanol–water partition coefficient (Wildman–Crippen LogP) is 11.4. The molecule has 1 heterocycles. The number of nitrogens with zero attached hydrogens (tertiary/aromatic N) is 3. The van der Waals surface area contributed by atoms with Crippen LogP contribution in [0.15, 0.2) is 84.0 Å². The molecule has 0 aliphatic carbocycles. The first-order valence-corrected chi connectivity index (χ1v) is 19.7. The molecule has 1 N–H and O–H groups in total. The van der Waals surface area contributed by atoms with Crippen LogP contribution in [0.5, 0.6) is 0 Å². The highest BCUT2D eigenvalue weighted by atomic mass is 35.5. The van der Waals surface area contributed by atoms with E-state index in [9.17, 15) is 0 Å². The van der Waals surface area contributed by atoms with Gasteiger partial charge in [0.2, 0.25) is 0 Å². The molecule has 0 amide bonds. The van der Waals surface area contributed by atoms with Gasteiger partial charge in [-0.25, -0.2) is 0 Å². The number of aryl methyl sites for hydroxylation is 1. The number of rotatable bonds is 19. The van der Waals surface area contributed by atoms with Gasteiger partial charge in [-0.15, -0.1) is 0 Å². The fourth-order valence-electron chi connectivity index (χ4n) is 6.35. The molecule has 4 rings (SSSR count). The maximum atomic E-state index is 6.22. The number of amidine groups is 1. The quantitative estimate of drug-likeness (QED) is 0.0768. The number of halogens is 1. The summed E-state index contributed by atoms with van der Waals surface area (Å²) in [5.41, 5.74) is 5.22. The molecule has 0 spiro atoms. The van der Waals surface area contributed by atoms with E-state index in [4.69, 9.17) is 28.9 Å². The molecule has 1 saturated heterocycles. The van der Waals surface area contributed by atoms with Gasteiger partial charge in [0.15, 0.2) is 10.3 Å². The highest BCUT2D eigenvalue weighted by molar-refractivity contribution is 8.14. The number of hydrogen-bond donors (Lipinski definition) is 1. The molecule has 7 heteroatoms. The zero-order valence-electron chi connectivity index (χ0n) is 28.8. The summed E-state index contributed by atoms with van der Waals surface area (Å²) in [6.45, 7) is 9.60. The van der Waals surface area contributed by atoms with Gasteiger partial charge in [-0.05, 0) is 91.0 Å². The van der Waals surface area contributed by atoms with Crippen molar-refractivity contribution in [3.63, 3.8) is 0 Å². The number of hydrazone groups is 1. The Morgan fingerprint density at radius 3 is 2.36 bits per heavy atom. The monoisotopic (exact) mass is 690 g/mol. The van der Waals surface area contributed by atoms with Crippen LogP contribution in [-0.4, -0.2) is 45.6 Å². The van der Waals surface area contributed by atoms with Crippen LogP contribution in [0.4, 0.5) is 5.69 Å². The third-order valence-corrected chi connectivity index (χ3v) is 10.5. The second-order valence-electron chi connectivity index (χ2n) is 13.0. The number of nitrogens with one attached hydrogen (secondary N) is 1. The third-order valence-electron chi connectivity index (χ3n) is 9.01. The minimum Gasteiger partial charge on any atom is -0.332 e. The largest absolute Gasteiger partial charge is 0.332 e. The van der Waals surface area contributed by atoms with Crippen LogP contribution < -0.4 is 5.32 Å². The first-order valence-electron chi connectivity index (χ1n) is 17.9. The summed E-state index contributed by atoms with van der Waals surface area (Å²) in [6, 6.07) is 28.0. The number of thioether (sulfide) groups is 1. The first-order chi connectivity index (χ1) is 22.9. The maximum Gasteiger partial charge on any atom is 0.189 e. The molecule has 254 valence electrons. The van der Waals surface area contributed by atoms with Crippen LogP contribution in [0.3, 0.4) is 0 Å². The van der Waals surface area contributed by atoms with Crippen LogP contribution in [-0.2, 0) is 12.8 Å². The van der Waals surface area contributed by atoms with E-state index in [0.717, 1.165) is 55.5 Å². The highest BCUT2D eigenvalue weighted by Crippen LogP contribution is 2.28. The minimum atomic E-state index is 0.484. The molecular formula is C40H55ClN4S2. The number of thiocarbonyl (C=S) groups is 1. The molecule has 2 unspecified atom stereocenters. The predicted molar refractivity (Wildman–Crippen MR) is 211 cm³/mol. The van der Waals surface area contributed by atoms with Crippen molar-refractivity contribution in [2.45, 2.75) is 97.3 Å². The lowest BCUT2D eigenvalue weighted by molar-refractivity contribution is 0.240. The van der Waals surface area contributed by atoms with Crippen molar-refractivity contribution in [2.24, 2.45) is 11.0 Å². The van der Waals surface area contributed by atoms with Gasteiger partial charge in [0.1, 0.15) is 0 Å². The van der Waals surface area contributed by atoms with Gasteiger partial charge in [0, 0.05) is 36.1 Å². The smallest absolute Gasteiger partial charge is 0.189 e. The number of anilines is 1. The van der Waals surface area contributed by atoms with Crippen LogP contribution in [0, 0.1) is 5.92 Å². The third kappa shape index (κ3) is 13.1. The molecule has 4 nitrogen and oxygen atoms in total. The Labute approximate surface area is 299 Å². The fourth-order valence-corrected chi connectivity index (χ4v) is 7.87. The molecule has 3 aromatic carbocycles. The van der Waals surface area contributed by atoms with Crippen molar-refractivity contribution < 1.29 is 0 Å². The molecule has 1 aliphatic heterocycles. The lowest BCUT2D eigenvalue weighted by Crippen LogP contribution is -2.37. The van der Waals surface area contributed by atoms with Gasteiger partial charge in [-0.2, -0.15) is 5.10 Å². The number of hydrogen-bond acceptors (Lipinski definition) is 4. The SMILES string of the molecule is CCCCCC(CCCCCCN(CC(C)Cc1ccc(CC)cc1)N=C1SCCN1C(=S)Nc1cccc(Cl)c1)c1ccccc1. The molecule has 2 atom stereocenters. The van der Waals surface area contributed by atoms with Crippen molar-refractivity contribution in [1.29, 1.82) is 0 Å². The van der Waals surface area contributed by atoms with Crippen molar-refractivity contribution >= 4 is 51.5 Å². The fraction of sp³-hybridized carbons (Fsp3) is 0.500. The summed E-state index contributed by atoms with van der Waals surface area (Å²) in [4.78, 5) is 2.14. The first kappa shape index (κ1) is 37.3. The zero-order chi connectivity index (χ0) is 33.3. The average molecular weight is 691 g/mol. The normalized spacial score (nSPS) is 15.1. The molecule has 1 fully saturated rings. The van der Waals surface area contributed by atoms with Crippen LogP contribution >= 0.6 is 35.6 Å². The maximum absolute atomic E-state index is 6.22. The van der Waals surface area contributed by atoms with Crippen LogP contribution in [0.2, 0.25) is 5.02 Å². The summed E-state index contributed by atoms with van der Waals surface area (Å²) in [5.74, 6) is 2.15. The number of benzene rings is 3. The van der Waals surface area contributed by atoms with Crippen LogP contribution in [0.1, 0.15) is 101 Å². The van der Waals surface area contributed by atoms with E-state index in [1.54, 1.807) is 11.8 Å². The molecule has 0 saturated carbocycles. The Balaban J connectivity index is 1.35. The van der Waals surface area contributed by atoms with Crippen LogP contribution in [0.25, 0.3) is 0 Å². The van der Waals surface area contributed by atoms with Gasteiger partial charge in [-0.3, -0.25) is 9.91 Å². The molecule has 0 radical (unpaired) electrons. The number of unbranched alkanes of at least 4 members (excludes halogenated alkanes) is 5. The molecule has 47 heavy (non-hydrogen) atoms. The molecule has 3 aromatic rings. The Hall–Kier alpha value is -2.54. The van der Waals surface area contributed by atoms with E-state index in [-0.39, 0.29) is 0 Å². The molecule has 1 aliphatic rings. The standard InChI is InChI=1S/C40H55ClN4S2/c1-4-6-10-16-35(36-18-12-9-13-19-36)17-11-7-8-14-26-44(31-32(3)29-34-24-22-33(5-2)23-25-34)43-40-45(27-28-47-40)39(46)42-38-21-15-20-37(41)30-38/h9,12-13,15,18-25,30,32,35H,4-8,10-11,14,16-17,26-29,31H2,1-3H3,(H,42,46). The Morgan fingerprint density at radius 2 is 1.64 bits per heavy atom. The minimum absolute atomic E-state index is 0.484. The van der Waals surface area contributed by atoms with E-state index in [1.807, 2.05) is 24.3 Å². The Kier molecular flexibility index (Phi) is 16.5. The van der Waals surface area contributed by atoms with Gasteiger partial charge in [0.25, 0.3) is 0 Å². The van der Waals surface area contributed by atoms with Crippen molar-refractivity contribution in [3.8, 4) is 0 Å². The molecule has 0 aromatic heterocycles. The van der Waals surface area contributed by atoms with E-state index < -0.39 is 0 Å². The van der Waals surface area contributed by atoms with Gasteiger partial charge in [0.05, 0.1) is 0 Å². The summed E-state index contributed by atoms with van der Waals surface area (Å²) < 4.78 is 0. The average Bonchev–Trinajstić information content (AvgIpc) is 3.54. The Morgan fingerprint density at radius 1 is 0.915 bits per heavy atom. The van der Waals surface area contributed by atoms with E-state index in [1.165, 1.54) is 68.1 Å². The summed E-state index contributed by atoms with van der Waals surface area (Å²) >= 11 is 13.9. The summed E-state index contributed by atoms with van der Waals surface area (Å²) in [6.07, 6.45) is 13.6. The van der Waals surface area contributed by atoms with Crippen molar-refractivity contribution in [3.05, 3.63) is 101 Å². The second-order valence-corrected chi connectivity index (χ2v) is 14.9. The van der Waals surface area contributed by atoms with Crippen molar-refractivity contribution in [1.82, 2.24) is 9.91 Å². The second kappa shape index (κ2) is 20.7. The molecular weight excluding hydrogens is 636 g/mol. The van der Waals surface area contributed by atoms with E-state index >= 15 is 0 Å². The van der Waals surface area contributed by atoms with Gasteiger partial charge < -0.3 is 5.32 Å². The molecule has 0 bridgehead atoms. The van der Waals surface area contributed by atoms with Gasteiger partial charge >= 0.3 is 0 Å². The topological polar surface area (TPSA) is 30.9 Å². The van der Waals surface area contributed by atoms with E-state index in [2.05, 4.69) is 90.6 Å². The van der Waals surface area contributed by atoms with E-state index in [0.29, 0.717) is 22.0 Å².